The van der Waals surface area contributed by atoms with Crippen LogP contribution in [0, 0.1) is 13.8 Å². The summed E-state index contributed by atoms with van der Waals surface area (Å²) in [6, 6.07) is 0. The van der Waals surface area contributed by atoms with Gasteiger partial charge in [0.1, 0.15) is 0 Å². The summed E-state index contributed by atoms with van der Waals surface area (Å²) in [6.45, 7) is 3.76. The Morgan fingerprint density at radius 3 is 2.29 bits per heavy atom. The van der Waals surface area contributed by atoms with Crippen LogP contribution >= 0.6 is 0 Å². The van der Waals surface area contributed by atoms with E-state index in [2.05, 4.69) is 4.98 Å². The number of aryl methyl sites for hydroxylation is 2. The second kappa shape index (κ2) is 2.57. The Balaban J connectivity index is 2.33. The highest BCUT2D eigenvalue weighted by Gasteiger charge is 2.56. The van der Waals surface area contributed by atoms with E-state index in [1.54, 1.807) is 0 Å². The van der Waals surface area contributed by atoms with Crippen LogP contribution in [-0.4, -0.2) is 10.9 Å². The van der Waals surface area contributed by atoms with Gasteiger partial charge >= 0.3 is 0 Å². The van der Waals surface area contributed by atoms with Gasteiger partial charge in [0.2, 0.25) is 0 Å². The number of aromatic amines is 1. The number of rotatable bonds is 1. The maximum Gasteiger partial charge on any atom is 0.252 e. The van der Waals surface area contributed by atoms with Crippen LogP contribution < -0.4 is 5.73 Å². The molecule has 1 saturated carbocycles. The number of aromatic nitrogens is 1. The zero-order valence-corrected chi connectivity index (χ0v) is 8.32. The number of alkyl halides is 2. The van der Waals surface area contributed by atoms with E-state index in [0.717, 1.165) is 16.8 Å². The molecule has 2 nitrogen and oxygen atoms in total. The highest BCUT2D eigenvalue weighted by Crippen LogP contribution is 2.51. The lowest BCUT2D eigenvalue weighted by molar-refractivity contribution is -0.125. The Labute approximate surface area is 81.5 Å². The molecule has 0 bridgehead atoms. The van der Waals surface area contributed by atoms with Gasteiger partial charge in [0.25, 0.3) is 5.92 Å². The fourth-order valence-corrected chi connectivity index (χ4v) is 2.47. The minimum absolute atomic E-state index is 0.237. The molecule has 1 aliphatic carbocycles. The minimum Gasteiger partial charge on any atom is -0.365 e. The van der Waals surface area contributed by atoms with Crippen molar-refractivity contribution >= 4 is 0 Å². The third-order valence-corrected chi connectivity index (χ3v) is 2.92. The van der Waals surface area contributed by atoms with Crippen molar-refractivity contribution in [3.63, 3.8) is 0 Å². The van der Waals surface area contributed by atoms with E-state index in [9.17, 15) is 8.78 Å². The quantitative estimate of drug-likeness (QED) is 0.717. The third kappa shape index (κ3) is 1.25. The summed E-state index contributed by atoms with van der Waals surface area (Å²) in [5.74, 6) is -2.58. The fraction of sp³-hybridized carbons (Fsp3) is 0.600. The van der Waals surface area contributed by atoms with Crippen molar-refractivity contribution in [2.45, 2.75) is 38.2 Å². The van der Waals surface area contributed by atoms with E-state index in [1.807, 2.05) is 20.0 Å². The standard InChI is InChI=1S/C10H14F2N2/c1-6-3-14-7(2)8(6)9(13)4-10(11,12)5-9/h3,14H,4-5,13H2,1-2H3. The van der Waals surface area contributed by atoms with Crippen molar-refractivity contribution in [3.8, 4) is 0 Å². The zero-order valence-electron chi connectivity index (χ0n) is 8.32. The van der Waals surface area contributed by atoms with Gasteiger partial charge in [0.05, 0.1) is 5.54 Å². The monoisotopic (exact) mass is 200 g/mol. The highest BCUT2D eigenvalue weighted by atomic mass is 19.3. The molecule has 1 aromatic heterocycles. The molecule has 2 rings (SSSR count). The molecule has 0 aliphatic heterocycles. The number of nitrogens with two attached hydrogens (primary N) is 1. The minimum atomic E-state index is -2.58. The van der Waals surface area contributed by atoms with Crippen LogP contribution in [-0.2, 0) is 5.54 Å². The predicted octanol–water partition coefficient (Wildman–Crippen LogP) is 2.21. The molecule has 1 aromatic rings. The number of halogens is 2. The van der Waals surface area contributed by atoms with Gasteiger partial charge in [0.15, 0.2) is 0 Å². The van der Waals surface area contributed by atoms with Crippen LogP contribution in [0.1, 0.15) is 29.7 Å². The van der Waals surface area contributed by atoms with Gasteiger partial charge in [-0.3, -0.25) is 0 Å². The van der Waals surface area contributed by atoms with E-state index >= 15 is 0 Å². The van der Waals surface area contributed by atoms with Gasteiger partial charge in [0, 0.05) is 24.7 Å². The molecule has 0 unspecified atom stereocenters. The van der Waals surface area contributed by atoms with Crippen molar-refractivity contribution in [1.82, 2.24) is 4.98 Å². The first kappa shape index (κ1) is 9.65. The summed E-state index contributed by atoms with van der Waals surface area (Å²) in [4.78, 5) is 3.01. The van der Waals surface area contributed by atoms with E-state index < -0.39 is 11.5 Å². The lowest BCUT2D eigenvalue weighted by atomic mass is 9.69. The molecule has 0 radical (unpaired) electrons. The lowest BCUT2D eigenvalue weighted by Crippen LogP contribution is -2.55. The van der Waals surface area contributed by atoms with Crippen molar-refractivity contribution in [2.75, 3.05) is 0 Å². The molecule has 0 saturated heterocycles. The summed E-state index contributed by atoms with van der Waals surface area (Å²) >= 11 is 0. The number of nitrogens with one attached hydrogen (secondary N) is 1. The average molecular weight is 200 g/mol. The molecule has 0 spiro atoms. The molecule has 0 atom stereocenters. The molecule has 4 heteroatoms. The molecule has 1 fully saturated rings. The van der Waals surface area contributed by atoms with Crippen molar-refractivity contribution in [1.29, 1.82) is 0 Å². The number of H-pyrrole nitrogens is 1. The summed E-state index contributed by atoms with van der Waals surface area (Å²) in [5.41, 5.74) is 7.86. The fourth-order valence-electron chi connectivity index (χ4n) is 2.47. The third-order valence-electron chi connectivity index (χ3n) is 2.92. The topological polar surface area (TPSA) is 41.8 Å². The van der Waals surface area contributed by atoms with Gasteiger partial charge in [-0.25, -0.2) is 8.78 Å². The molecule has 1 heterocycles. The summed E-state index contributed by atoms with van der Waals surface area (Å²) in [5, 5.41) is 0. The number of hydrogen-bond acceptors (Lipinski definition) is 1. The molecule has 0 aromatic carbocycles. The van der Waals surface area contributed by atoms with Crippen LogP contribution in [0.2, 0.25) is 0 Å². The average Bonchev–Trinajstić information content (AvgIpc) is 2.26. The van der Waals surface area contributed by atoms with Crippen LogP contribution in [0.15, 0.2) is 6.20 Å². The lowest BCUT2D eigenvalue weighted by Gasteiger charge is -2.45. The Morgan fingerprint density at radius 1 is 1.36 bits per heavy atom. The maximum absolute atomic E-state index is 12.8. The first-order chi connectivity index (χ1) is 6.34. The highest BCUT2D eigenvalue weighted by molar-refractivity contribution is 5.38. The van der Waals surface area contributed by atoms with Gasteiger partial charge in [-0.1, -0.05) is 0 Å². The van der Waals surface area contributed by atoms with Crippen LogP contribution in [0.25, 0.3) is 0 Å². The smallest absolute Gasteiger partial charge is 0.252 e. The van der Waals surface area contributed by atoms with E-state index in [-0.39, 0.29) is 12.8 Å². The molecule has 1 aliphatic rings. The van der Waals surface area contributed by atoms with Gasteiger partial charge < -0.3 is 10.7 Å². The Bertz CT molecular complexity index is 341. The van der Waals surface area contributed by atoms with Gasteiger partial charge in [-0.15, -0.1) is 0 Å². The normalized spacial score (nSPS) is 23.2. The molecular weight excluding hydrogens is 186 g/mol. The van der Waals surface area contributed by atoms with Crippen molar-refractivity contribution < 1.29 is 8.78 Å². The summed E-state index contributed by atoms with van der Waals surface area (Å²) in [7, 11) is 0. The van der Waals surface area contributed by atoms with E-state index in [4.69, 9.17) is 5.73 Å². The SMILES string of the molecule is Cc1c[nH]c(C)c1C1(N)CC(F)(F)C1. The Morgan fingerprint density at radius 2 is 1.93 bits per heavy atom. The number of hydrogen-bond donors (Lipinski definition) is 2. The molecule has 14 heavy (non-hydrogen) atoms. The van der Waals surface area contributed by atoms with Gasteiger partial charge in [-0.2, -0.15) is 0 Å². The second-order valence-electron chi connectivity index (χ2n) is 4.34. The van der Waals surface area contributed by atoms with E-state index in [1.165, 1.54) is 0 Å². The zero-order chi connectivity index (χ0) is 10.6. The Hall–Kier alpha value is -0.900. The molecule has 0 amide bonds. The van der Waals surface area contributed by atoms with Gasteiger partial charge in [-0.05, 0) is 25.0 Å². The van der Waals surface area contributed by atoms with Crippen LogP contribution in [0.4, 0.5) is 8.78 Å². The van der Waals surface area contributed by atoms with Crippen molar-refractivity contribution in [3.05, 3.63) is 23.0 Å². The summed E-state index contributed by atoms with van der Waals surface area (Å²) in [6.07, 6.45) is 1.34. The first-order valence-electron chi connectivity index (χ1n) is 4.66. The summed E-state index contributed by atoms with van der Waals surface area (Å²) < 4.78 is 25.6. The van der Waals surface area contributed by atoms with Crippen LogP contribution in [0.3, 0.4) is 0 Å². The van der Waals surface area contributed by atoms with Crippen LogP contribution in [0.5, 0.6) is 0 Å². The van der Waals surface area contributed by atoms with Crippen molar-refractivity contribution in [2.24, 2.45) is 5.73 Å². The molecule has 78 valence electrons. The largest absolute Gasteiger partial charge is 0.365 e. The van der Waals surface area contributed by atoms with E-state index in [0.29, 0.717) is 0 Å². The first-order valence-corrected chi connectivity index (χ1v) is 4.66. The second-order valence-corrected chi connectivity index (χ2v) is 4.34. The molecule has 3 N–H and O–H groups in total. The predicted molar refractivity (Wildman–Crippen MR) is 50.3 cm³/mol. The Kier molecular flexibility index (Phi) is 1.77. The molecular formula is C10H14F2N2. The maximum atomic E-state index is 12.8.